The van der Waals surface area contributed by atoms with Gasteiger partial charge in [0.25, 0.3) is 0 Å². The molecule has 0 aliphatic rings. The van der Waals surface area contributed by atoms with E-state index in [0.29, 0.717) is 22.3 Å². The van der Waals surface area contributed by atoms with E-state index < -0.39 is 0 Å². The van der Waals surface area contributed by atoms with E-state index in [0.717, 1.165) is 15.8 Å². The lowest BCUT2D eigenvalue weighted by Gasteiger charge is -2.07. The van der Waals surface area contributed by atoms with Crippen LogP contribution in [0, 0.1) is 0 Å². The van der Waals surface area contributed by atoms with Gasteiger partial charge in [0.2, 0.25) is 11.8 Å². The zero-order valence-corrected chi connectivity index (χ0v) is 16.4. The standard InChI is InChI=1S/C20H19N3O4S/c1-12(24)21-20-23-16-8-6-14(10-18(16)28-20)22-19(25)9-5-13-4-7-15(26-2)11-17(13)27-3/h4-11H,1-3H3,(H,22,25)(H,21,23,24). The number of methoxy groups -OCH3 is 2. The van der Waals surface area contributed by atoms with Gasteiger partial charge in [0, 0.05) is 30.3 Å². The zero-order valence-electron chi connectivity index (χ0n) is 15.6. The number of fused-ring (bicyclic) bond motifs is 1. The Morgan fingerprint density at radius 1 is 1.07 bits per heavy atom. The molecule has 0 spiro atoms. The van der Waals surface area contributed by atoms with Crippen LogP contribution < -0.4 is 20.1 Å². The number of carbonyl (C=O) groups excluding carboxylic acids is 2. The zero-order chi connectivity index (χ0) is 20.1. The second-order valence-electron chi connectivity index (χ2n) is 5.81. The van der Waals surface area contributed by atoms with Crippen LogP contribution in [0.15, 0.2) is 42.5 Å². The van der Waals surface area contributed by atoms with E-state index >= 15 is 0 Å². The molecule has 7 nitrogen and oxygen atoms in total. The number of thiazole rings is 1. The van der Waals surface area contributed by atoms with E-state index in [1.807, 2.05) is 12.1 Å². The summed E-state index contributed by atoms with van der Waals surface area (Å²) >= 11 is 1.34. The molecule has 28 heavy (non-hydrogen) atoms. The summed E-state index contributed by atoms with van der Waals surface area (Å²) in [5.41, 5.74) is 2.16. The third kappa shape index (κ3) is 4.66. The fourth-order valence-corrected chi connectivity index (χ4v) is 3.46. The van der Waals surface area contributed by atoms with Crippen LogP contribution in [0.4, 0.5) is 10.8 Å². The van der Waals surface area contributed by atoms with E-state index in [4.69, 9.17) is 9.47 Å². The summed E-state index contributed by atoms with van der Waals surface area (Å²) in [5.74, 6) is 0.838. The number of aromatic nitrogens is 1. The van der Waals surface area contributed by atoms with Crippen LogP contribution in [0.2, 0.25) is 0 Å². The van der Waals surface area contributed by atoms with Crippen LogP contribution >= 0.6 is 11.3 Å². The maximum Gasteiger partial charge on any atom is 0.248 e. The quantitative estimate of drug-likeness (QED) is 0.615. The number of carbonyl (C=O) groups is 2. The molecule has 8 heteroatoms. The number of hydrogen-bond acceptors (Lipinski definition) is 6. The molecule has 3 aromatic rings. The first-order valence-corrected chi connectivity index (χ1v) is 9.19. The molecule has 0 saturated heterocycles. The summed E-state index contributed by atoms with van der Waals surface area (Å²) in [6.07, 6.45) is 3.11. The molecule has 0 bridgehead atoms. The van der Waals surface area contributed by atoms with Crippen molar-refractivity contribution in [1.82, 2.24) is 4.98 Å². The summed E-state index contributed by atoms with van der Waals surface area (Å²) in [5, 5.41) is 6.00. The molecular formula is C20H19N3O4S. The average molecular weight is 397 g/mol. The van der Waals surface area contributed by atoms with Crippen LogP contribution in [0.3, 0.4) is 0 Å². The van der Waals surface area contributed by atoms with Crippen molar-refractivity contribution in [2.75, 3.05) is 24.9 Å². The number of anilines is 2. The Bertz CT molecular complexity index is 1060. The Balaban J connectivity index is 1.72. The van der Waals surface area contributed by atoms with Crippen LogP contribution in [-0.2, 0) is 9.59 Å². The van der Waals surface area contributed by atoms with Crippen LogP contribution in [0.5, 0.6) is 11.5 Å². The lowest BCUT2D eigenvalue weighted by atomic mass is 10.1. The van der Waals surface area contributed by atoms with Gasteiger partial charge in [0.05, 0.1) is 24.4 Å². The number of benzene rings is 2. The molecule has 0 aliphatic carbocycles. The van der Waals surface area contributed by atoms with Gasteiger partial charge in [-0.05, 0) is 36.4 Å². The molecule has 0 saturated carbocycles. The van der Waals surface area contributed by atoms with Gasteiger partial charge < -0.3 is 20.1 Å². The number of amides is 2. The minimum atomic E-state index is -0.274. The van der Waals surface area contributed by atoms with Crippen LogP contribution in [0.25, 0.3) is 16.3 Å². The summed E-state index contributed by atoms with van der Waals surface area (Å²) in [4.78, 5) is 27.7. The Morgan fingerprint density at radius 2 is 1.89 bits per heavy atom. The molecule has 0 aliphatic heterocycles. The maximum atomic E-state index is 12.3. The monoisotopic (exact) mass is 397 g/mol. The van der Waals surface area contributed by atoms with Gasteiger partial charge in [-0.1, -0.05) is 11.3 Å². The SMILES string of the molecule is COc1ccc(C=CC(=O)Nc2ccc3nc(NC(C)=O)sc3c2)c(OC)c1. The smallest absolute Gasteiger partial charge is 0.248 e. The highest BCUT2D eigenvalue weighted by Gasteiger charge is 2.07. The van der Waals surface area contributed by atoms with E-state index in [2.05, 4.69) is 15.6 Å². The number of nitrogens with zero attached hydrogens (tertiary/aromatic N) is 1. The second-order valence-corrected chi connectivity index (χ2v) is 6.84. The van der Waals surface area contributed by atoms with Gasteiger partial charge in [0.1, 0.15) is 11.5 Å². The molecule has 0 atom stereocenters. The maximum absolute atomic E-state index is 12.3. The number of ether oxygens (including phenoxy) is 2. The largest absolute Gasteiger partial charge is 0.497 e. The average Bonchev–Trinajstić information content (AvgIpc) is 3.06. The topological polar surface area (TPSA) is 89.5 Å². The predicted octanol–water partition coefficient (Wildman–Crippen LogP) is 3.92. The van der Waals surface area contributed by atoms with Crippen molar-refractivity contribution < 1.29 is 19.1 Å². The number of rotatable bonds is 6. The molecule has 2 N–H and O–H groups in total. The highest BCUT2D eigenvalue weighted by molar-refractivity contribution is 7.22. The van der Waals surface area contributed by atoms with E-state index in [-0.39, 0.29) is 11.8 Å². The van der Waals surface area contributed by atoms with Crippen LogP contribution in [-0.4, -0.2) is 31.0 Å². The van der Waals surface area contributed by atoms with Crippen LogP contribution in [0.1, 0.15) is 12.5 Å². The first-order valence-electron chi connectivity index (χ1n) is 8.38. The third-order valence-corrected chi connectivity index (χ3v) is 4.73. The summed E-state index contributed by atoms with van der Waals surface area (Å²) in [6.45, 7) is 1.43. The molecule has 1 heterocycles. The Kier molecular flexibility index (Phi) is 5.90. The summed E-state index contributed by atoms with van der Waals surface area (Å²) in [6, 6.07) is 10.7. The lowest BCUT2D eigenvalue weighted by Crippen LogP contribution is -2.07. The molecule has 1 aromatic heterocycles. The van der Waals surface area contributed by atoms with Gasteiger partial charge in [-0.3, -0.25) is 9.59 Å². The highest BCUT2D eigenvalue weighted by atomic mass is 32.1. The van der Waals surface area contributed by atoms with Crippen molar-refractivity contribution in [2.24, 2.45) is 0 Å². The molecule has 0 unspecified atom stereocenters. The van der Waals surface area contributed by atoms with Gasteiger partial charge >= 0.3 is 0 Å². The van der Waals surface area contributed by atoms with E-state index in [1.165, 1.54) is 24.3 Å². The number of hydrogen-bond donors (Lipinski definition) is 2. The Labute approximate surface area is 166 Å². The molecule has 2 aromatic carbocycles. The molecule has 0 radical (unpaired) electrons. The van der Waals surface area contributed by atoms with Gasteiger partial charge in [0.15, 0.2) is 5.13 Å². The van der Waals surface area contributed by atoms with E-state index in [1.54, 1.807) is 44.6 Å². The predicted molar refractivity (Wildman–Crippen MR) is 111 cm³/mol. The van der Waals surface area contributed by atoms with Crippen molar-refractivity contribution >= 4 is 50.3 Å². The minimum absolute atomic E-state index is 0.174. The molecule has 144 valence electrons. The Hall–Kier alpha value is -3.39. The molecule has 2 amide bonds. The van der Waals surface area contributed by atoms with Crippen molar-refractivity contribution in [3.63, 3.8) is 0 Å². The third-order valence-electron chi connectivity index (χ3n) is 3.79. The van der Waals surface area contributed by atoms with E-state index in [9.17, 15) is 9.59 Å². The fraction of sp³-hybridized carbons (Fsp3) is 0.150. The minimum Gasteiger partial charge on any atom is -0.497 e. The first-order chi connectivity index (χ1) is 13.5. The molecule has 0 fully saturated rings. The van der Waals surface area contributed by atoms with Gasteiger partial charge in [-0.15, -0.1) is 0 Å². The highest BCUT2D eigenvalue weighted by Crippen LogP contribution is 2.29. The van der Waals surface area contributed by atoms with Crippen molar-refractivity contribution in [2.45, 2.75) is 6.92 Å². The second kappa shape index (κ2) is 8.53. The van der Waals surface area contributed by atoms with Gasteiger partial charge in [-0.25, -0.2) is 4.98 Å². The summed E-state index contributed by atoms with van der Waals surface area (Å²) < 4.78 is 11.3. The molecular weight excluding hydrogens is 378 g/mol. The normalized spacial score (nSPS) is 10.8. The Morgan fingerprint density at radius 3 is 2.61 bits per heavy atom. The van der Waals surface area contributed by atoms with Crippen molar-refractivity contribution in [3.05, 3.63) is 48.0 Å². The number of nitrogens with one attached hydrogen (secondary N) is 2. The van der Waals surface area contributed by atoms with Crippen molar-refractivity contribution in [1.29, 1.82) is 0 Å². The van der Waals surface area contributed by atoms with Gasteiger partial charge in [-0.2, -0.15) is 0 Å². The van der Waals surface area contributed by atoms with Crippen molar-refractivity contribution in [3.8, 4) is 11.5 Å². The lowest BCUT2D eigenvalue weighted by molar-refractivity contribution is -0.114. The fourth-order valence-electron chi connectivity index (χ4n) is 2.51. The first kappa shape index (κ1) is 19.4. The summed E-state index contributed by atoms with van der Waals surface area (Å²) in [7, 11) is 3.14. The molecule has 3 rings (SSSR count).